The Balaban J connectivity index is 1.22. The number of hydrogen-bond acceptors (Lipinski definition) is 13. The topological polar surface area (TPSA) is 307 Å². The fraction of sp³-hybridized carbons (Fsp3) is 0.0541. The molecule has 0 saturated carbocycles. The fourth-order valence-corrected chi connectivity index (χ4v) is 7.52. The van der Waals surface area contributed by atoms with Gasteiger partial charge in [0.2, 0.25) is 11.6 Å². The zero-order valence-electron chi connectivity index (χ0n) is 30.1. The maximum atomic E-state index is 13.5. The number of anilines is 4. The van der Waals surface area contributed by atoms with Gasteiger partial charge < -0.3 is 20.8 Å². The van der Waals surface area contributed by atoms with E-state index in [1.165, 1.54) is 67.6 Å². The van der Waals surface area contributed by atoms with E-state index in [-0.39, 0.29) is 61.2 Å². The van der Waals surface area contributed by atoms with Crippen LogP contribution in [-0.2, 0) is 20.2 Å². The number of allylic oxidation sites excluding steroid dienone is 2. The number of aromatic carboxylic acids is 2. The molecule has 302 valence electrons. The van der Waals surface area contributed by atoms with Crippen LogP contribution < -0.4 is 21.5 Å². The summed E-state index contributed by atoms with van der Waals surface area (Å²) in [5.74, 6) is -4.28. The van der Waals surface area contributed by atoms with Gasteiger partial charge in [-0.3, -0.25) is 29.5 Å². The molecule has 59 heavy (non-hydrogen) atoms. The summed E-state index contributed by atoms with van der Waals surface area (Å²) >= 11 is 6.19. The smallest absolute Gasteiger partial charge is 0.335 e. The van der Waals surface area contributed by atoms with Crippen molar-refractivity contribution in [3.05, 3.63) is 126 Å². The number of halogens is 1. The molecule has 0 saturated heterocycles. The highest BCUT2D eigenvalue weighted by Gasteiger charge is 2.35. The Kier molecular flexibility index (Phi) is 11.1. The van der Waals surface area contributed by atoms with Crippen molar-refractivity contribution in [2.24, 2.45) is 10.2 Å². The quantitative estimate of drug-likeness (QED) is 0.0692. The van der Waals surface area contributed by atoms with E-state index in [1.54, 1.807) is 6.92 Å². The summed E-state index contributed by atoms with van der Waals surface area (Å²) in [5.41, 5.74) is 4.39. The van der Waals surface area contributed by atoms with Gasteiger partial charge in [-0.2, -0.15) is 27.0 Å². The number of carboxylic acids is 2. The first-order chi connectivity index (χ1) is 27.6. The molecule has 0 bridgehead atoms. The molecule has 0 atom stereocenters. The van der Waals surface area contributed by atoms with E-state index in [2.05, 4.69) is 31.7 Å². The first-order valence-corrected chi connectivity index (χ1v) is 19.8. The molecule has 19 nitrogen and oxygen atoms in total. The zero-order valence-corrected chi connectivity index (χ0v) is 32.4. The van der Waals surface area contributed by atoms with E-state index in [0.29, 0.717) is 11.1 Å². The molecule has 4 aromatic carbocycles. The molecule has 0 heterocycles. The lowest BCUT2D eigenvalue weighted by molar-refractivity contribution is 0.0686. The number of fused-ring (bicyclic) bond motifs is 2. The van der Waals surface area contributed by atoms with Crippen molar-refractivity contribution < 1.29 is 60.1 Å². The van der Waals surface area contributed by atoms with E-state index in [4.69, 9.17) is 11.6 Å². The Morgan fingerprint density at radius 1 is 0.627 bits per heavy atom. The Morgan fingerprint density at radius 2 is 1.10 bits per heavy atom. The van der Waals surface area contributed by atoms with Gasteiger partial charge >= 0.3 is 18.0 Å². The number of carbonyl (C=O) groups excluding carboxylic acids is 3. The number of Topliss-reactive ketones (excluding diaryl/α,β-unsaturated/α-hetero) is 2. The van der Waals surface area contributed by atoms with Crippen molar-refractivity contribution >= 4 is 108 Å². The van der Waals surface area contributed by atoms with Gasteiger partial charge in [0.1, 0.15) is 9.81 Å². The summed E-state index contributed by atoms with van der Waals surface area (Å²) < 4.78 is 69.5. The molecule has 2 aliphatic carbocycles. The third-order valence-corrected chi connectivity index (χ3v) is 10.7. The summed E-state index contributed by atoms with van der Waals surface area (Å²) in [6.45, 7) is 3.05. The number of hydrazone groups is 2. The lowest BCUT2D eigenvalue weighted by atomic mass is 9.94. The Morgan fingerprint density at radius 3 is 1.54 bits per heavy atom. The van der Waals surface area contributed by atoms with Crippen LogP contribution in [0.1, 0.15) is 63.7 Å². The van der Waals surface area contributed by atoms with Crippen molar-refractivity contribution in [1.29, 1.82) is 0 Å². The van der Waals surface area contributed by atoms with Crippen LogP contribution in [-0.4, -0.2) is 77.1 Å². The maximum absolute atomic E-state index is 13.5. The highest BCUT2D eigenvalue weighted by molar-refractivity contribution is 7.91. The highest BCUT2D eigenvalue weighted by Crippen LogP contribution is 2.32. The summed E-state index contributed by atoms with van der Waals surface area (Å²) in [5, 5.41) is 31.1. The molecule has 6 rings (SSSR count). The lowest BCUT2D eigenvalue weighted by Crippen LogP contribution is -2.27. The molecule has 22 heteroatoms. The van der Waals surface area contributed by atoms with Crippen molar-refractivity contribution in [2.45, 2.75) is 13.8 Å². The average molecular weight is 863 g/mol. The number of amides is 2. The number of carboxylic acid groups (broad SMARTS) is 2. The van der Waals surface area contributed by atoms with Gasteiger partial charge in [-0.05, 0) is 115 Å². The maximum Gasteiger partial charge on any atom is 0.335 e. The SMILES string of the molecule is Cc1cc(C(=O)O)ccc1N/N=C1\C(=O)c2ccc(NC(=O)Nc3ccc4c(c3)C=C(S(=O)(=O)O)/C(=N/Nc3c(C)cc(C(=O)O)cc3Cl)C4=O)cc2C=C1S(=O)(=O)O. The molecule has 8 N–H and O–H groups in total. The van der Waals surface area contributed by atoms with E-state index in [1.807, 2.05) is 0 Å². The lowest BCUT2D eigenvalue weighted by Gasteiger charge is -2.18. The van der Waals surface area contributed by atoms with Crippen molar-refractivity contribution in [1.82, 2.24) is 0 Å². The second-order valence-electron chi connectivity index (χ2n) is 12.7. The van der Waals surface area contributed by atoms with Crippen LogP contribution in [0.2, 0.25) is 5.02 Å². The number of benzene rings is 4. The monoisotopic (exact) mass is 862 g/mol. The van der Waals surface area contributed by atoms with Crippen molar-refractivity contribution in [2.75, 3.05) is 21.5 Å². The first-order valence-electron chi connectivity index (χ1n) is 16.5. The van der Waals surface area contributed by atoms with Gasteiger partial charge in [0.15, 0.2) is 11.4 Å². The van der Waals surface area contributed by atoms with Crippen molar-refractivity contribution in [3.63, 3.8) is 0 Å². The van der Waals surface area contributed by atoms with Crippen LogP contribution in [0.15, 0.2) is 86.7 Å². The molecule has 0 unspecified atom stereocenters. The summed E-state index contributed by atoms with van der Waals surface area (Å²) in [4.78, 5) is 60.8. The fourth-order valence-electron chi connectivity index (χ4n) is 5.89. The van der Waals surface area contributed by atoms with Crippen LogP contribution in [0.25, 0.3) is 12.2 Å². The van der Waals surface area contributed by atoms with Gasteiger partial charge in [-0.25, -0.2) is 14.4 Å². The molecule has 0 spiro atoms. The second kappa shape index (κ2) is 15.7. The van der Waals surface area contributed by atoms with E-state index >= 15 is 0 Å². The minimum absolute atomic E-state index is 0.0156. The summed E-state index contributed by atoms with van der Waals surface area (Å²) in [7, 11) is -10.1. The number of nitrogens with one attached hydrogen (secondary N) is 4. The van der Waals surface area contributed by atoms with Crippen LogP contribution >= 0.6 is 11.6 Å². The Bertz CT molecular complexity index is 2920. The van der Waals surface area contributed by atoms with E-state index in [0.717, 1.165) is 18.2 Å². The average Bonchev–Trinajstić information content (AvgIpc) is 3.14. The first kappa shape index (κ1) is 41.6. The third kappa shape index (κ3) is 8.78. The molecule has 0 fully saturated rings. The number of aryl methyl sites for hydroxylation is 2. The largest absolute Gasteiger partial charge is 0.478 e. The van der Waals surface area contributed by atoms with Crippen LogP contribution in [0.5, 0.6) is 0 Å². The molecule has 0 aliphatic heterocycles. The minimum atomic E-state index is -5.07. The number of ketones is 2. The van der Waals surface area contributed by atoms with E-state index in [9.17, 15) is 60.1 Å². The third-order valence-electron chi connectivity index (χ3n) is 8.71. The molecule has 2 aliphatic rings. The number of rotatable bonds is 10. The van der Waals surface area contributed by atoms with Gasteiger partial charge in [0, 0.05) is 22.5 Å². The van der Waals surface area contributed by atoms with Gasteiger partial charge in [0.05, 0.1) is 27.5 Å². The Labute approximate surface area is 338 Å². The molecule has 0 aromatic heterocycles. The standard InChI is InChI=1S/C37H27ClN6O13S2/c1-16-9-18(35(47)48)3-8-27(16)41-43-31-28(58(52,53)54)14-19-11-22(4-6-24(19)33(31)45)39-37(51)40-23-5-7-25-20(12-23)15-29(59(55,56)57)32(34(25)46)44-42-30-17(2)10-21(36(49)50)13-26(30)38/h3-15,41-42H,1-2H3,(H,47,48)(H,49,50)(H2,39,40,51)(H,52,53,54)(H,55,56,57)/b43-31-,44-32-. The highest BCUT2D eigenvalue weighted by atomic mass is 35.5. The molecular weight excluding hydrogens is 836 g/mol. The van der Waals surface area contributed by atoms with Gasteiger partial charge in [-0.1, -0.05) is 11.6 Å². The predicted octanol–water partition coefficient (Wildman–Crippen LogP) is 5.78. The summed E-state index contributed by atoms with van der Waals surface area (Å²) in [6.07, 6.45) is 1.91. The minimum Gasteiger partial charge on any atom is -0.478 e. The van der Waals surface area contributed by atoms with Gasteiger partial charge in [0.25, 0.3) is 20.2 Å². The zero-order chi connectivity index (χ0) is 43.1. The molecule has 2 amide bonds. The van der Waals surface area contributed by atoms with E-state index < -0.39 is 71.0 Å². The normalized spacial score (nSPS) is 15.1. The van der Waals surface area contributed by atoms with Crippen LogP contribution in [0.4, 0.5) is 27.5 Å². The predicted molar refractivity (Wildman–Crippen MR) is 217 cm³/mol. The number of hydrogen-bond donors (Lipinski definition) is 8. The Hall–Kier alpha value is -7.04. The molecule has 0 radical (unpaired) electrons. The van der Waals surface area contributed by atoms with Gasteiger partial charge in [-0.15, -0.1) is 0 Å². The van der Waals surface area contributed by atoms with Crippen molar-refractivity contribution in [3.8, 4) is 0 Å². The van der Waals surface area contributed by atoms with Crippen LogP contribution in [0, 0.1) is 13.8 Å². The number of urea groups is 1. The molecule has 4 aromatic rings. The van der Waals surface area contributed by atoms with Crippen LogP contribution in [0.3, 0.4) is 0 Å². The summed E-state index contributed by atoms with van der Waals surface area (Å²) in [6, 6.07) is 13.1. The second-order valence-corrected chi connectivity index (χ2v) is 15.9. The number of nitrogens with zero attached hydrogens (tertiary/aromatic N) is 2. The molecular formula is C37H27ClN6O13S2. The number of carbonyl (C=O) groups is 5.